The molecule has 5 heterocycles. The fraction of sp³-hybridized carbons (Fsp3) is 0.441. The molecule has 3 saturated heterocycles. The molecule has 2 aromatic carbocycles. The van der Waals surface area contributed by atoms with E-state index in [2.05, 4.69) is 10.6 Å². The molecule has 7 rings (SSSR count). The van der Waals surface area contributed by atoms with Crippen LogP contribution in [0.15, 0.2) is 48.5 Å². The van der Waals surface area contributed by atoms with Crippen LogP contribution in [0.25, 0.3) is 10.1 Å². The van der Waals surface area contributed by atoms with Gasteiger partial charge in [0.25, 0.3) is 5.91 Å². The number of rotatable bonds is 5. The molecule has 4 aliphatic rings. The van der Waals surface area contributed by atoms with Crippen molar-refractivity contribution in [2.75, 3.05) is 31.5 Å². The minimum absolute atomic E-state index is 0.0444. The van der Waals surface area contributed by atoms with Gasteiger partial charge in [0.05, 0.1) is 10.3 Å². The molecule has 17 heteroatoms. The Morgan fingerprint density at radius 3 is 2.51 bits per heavy atom. The monoisotopic (exact) mass is 743 g/mol. The quantitative estimate of drug-likeness (QED) is 0.288. The maximum Gasteiger partial charge on any atom is 0.399 e. The van der Waals surface area contributed by atoms with Crippen LogP contribution >= 0.6 is 18.9 Å². The molecule has 3 fully saturated rings. The summed E-state index contributed by atoms with van der Waals surface area (Å²) in [6, 6.07) is 9.27. The van der Waals surface area contributed by atoms with Crippen LogP contribution in [0.3, 0.4) is 0 Å². The third-order valence-electron chi connectivity index (χ3n) is 10.8. The number of carbonyl (C=O) groups is 5. The molecule has 0 aliphatic carbocycles. The molecule has 4 N–H and O–H groups in total. The van der Waals surface area contributed by atoms with Gasteiger partial charge in [-0.25, -0.2) is 0 Å². The zero-order valence-corrected chi connectivity index (χ0v) is 29.4. The lowest BCUT2D eigenvalue weighted by atomic mass is 9.74. The zero-order chi connectivity index (χ0) is 36.6. The van der Waals surface area contributed by atoms with Crippen LogP contribution < -0.4 is 10.6 Å². The SMILES string of the molecule is CC(=O)N1CC[C@H]2CC[C@@H](C(=O)N3C[C@H](C)[C@@]4(C3)C(=O)Nc3ccccc34)N2C(=O)C(NC(=O)c2cc3cc(C(F)(F)P(=O)(O)O)ccc3s2)C1. The number of para-hydroxylation sites is 1. The number of hydrogen-bond donors (Lipinski definition) is 4. The lowest BCUT2D eigenvalue weighted by Crippen LogP contribution is -2.61. The molecule has 0 bridgehead atoms. The smallest absolute Gasteiger partial charge is 0.340 e. The highest BCUT2D eigenvalue weighted by molar-refractivity contribution is 7.52. The zero-order valence-electron chi connectivity index (χ0n) is 27.7. The highest BCUT2D eigenvalue weighted by Crippen LogP contribution is 2.59. The van der Waals surface area contributed by atoms with E-state index in [1.165, 1.54) is 28.9 Å². The number of carbonyl (C=O) groups excluding carboxylic acids is 5. The lowest BCUT2D eigenvalue weighted by molar-refractivity contribution is -0.148. The highest BCUT2D eigenvalue weighted by atomic mass is 32.1. The van der Waals surface area contributed by atoms with Gasteiger partial charge in [0.1, 0.15) is 12.1 Å². The third-order valence-corrected chi connectivity index (χ3v) is 12.9. The van der Waals surface area contributed by atoms with E-state index < -0.39 is 48.1 Å². The van der Waals surface area contributed by atoms with Gasteiger partial charge in [-0.05, 0) is 60.4 Å². The Bertz CT molecular complexity index is 2040. The van der Waals surface area contributed by atoms with Crippen molar-refractivity contribution in [1.29, 1.82) is 0 Å². The Labute approximate surface area is 295 Å². The largest absolute Gasteiger partial charge is 0.399 e. The topological polar surface area (TPSA) is 177 Å². The molecule has 0 saturated carbocycles. The van der Waals surface area contributed by atoms with Crippen LogP contribution in [0.4, 0.5) is 14.5 Å². The van der Waals surface area contributed by atoms with Gasteiger partial charge in [-0.2, -0.15) is 8.78 Å². The summed E-state index contributed by atoms with van der Waals surface area (Å²) in [6.45, 7) is 3.91. The summed E-state index contributed by atoms with van der Waals surface area (Å²) in [5.41, 5.74) is -4.71. The molecule has 13 nitrogen and oxygen atoms in total. The molecule has 5 amide bonds. The number of fused-ring (bicyclic) bond motifs is 4. The lowest BCUT2D eigenvalue weighted by Gasteiger charge is -2.39. The summed E-state index contributed by atoms with van der Waals surface area (Å²) in [7, 11) is -5.82. The van der Waals surface area contributed by atoms with Crippen molar-refractivity contribution >= 4 is 64.2 Å². The van der Waals surface area contributed by atoms with Crippen LogP contribution in [0, 0.1) is 5.92 Å². The number of thiophene rings is 1. The van der Waals surface area contributed by atoms with Crippen LogP contribution in [0.2, 0.25) is 0 Å². The van der Waals surface area contributed by atoms with Crippen LogP contribution in [0.5, 0.6) is 0 Å². The molecule has 1 unspecified atom stereocenters. The van der Waals surface area contributed by atoms with Gasteiger partial charge in [-0.3, -0.25) is 28.5 Å². The van der Waals surface area contributed by atoms with Crippen LogP contribution in [0.1, 0.15) is 53.9 Å². The summed E-state index contributed by atoms with van der Waals surface area (Å²) < 4.78 is 40.6. The first kappa shape index (κ1) is 35.2. The van der Waals surface area contributed by atoms with Gasteiger partial charge in [0.2, 0.25) is 23.6 Å². The molecule has 5 atom stereocenters. The number of alkyl halides is 2. The van der Waals surface area contributed by atoms with E-state index in [9.17, 15) is 37.3 Å². The number of halogens is 2. The summed E-state index contributed by atoms with van der Waals surface area (Å²) in [5.74, 6) is -2.20. The van der Waals surface area contributed by atoms with E-state index in [1.807, 2.05) is 31.2 Å². The number of likely N-dealkylation sites (tertiary alicyclic amines) is 1. The summed E-state index contributed by atoms with van der Waals surface area (Å²) in [4.78, 5) is 91.2. The van der Waals surface area contributed by atoms with E-state index in [-0.39, 0.29) is 59.6 Å². The second kappa shape index (κ2) is 12.5. The Morgan fingerprint density at radius 2 is 1.78 bits per heavy atom. The average molecular weight is 744 g/mol. The minimum Gasteiger partial charge on any atom is -0.340 e. The normalized spacial score (nSPS) is 26.6. The number of hydrogen-bond acceptors (Lipinski definition) is 7. The van der Waals surface area contributed by atoms with E-state index in [0.717, 1.165) is 34.7 Å². The molecule has 270 valence electrons. The number of anilines is 1. The predicted octanol–water partition coefficient (Wildman–Crippen LogP) is 3.21. The van der Waals surface area contributed by atoms with Gasteiger partial charge >= 0.3 is 13.3 Å². The predicted molar refractivity (Wildman–Crippen MR) is 182 cm³/mol. The summed E-state index contributed by atoms with van der Waals surface area (Å²) in [5, 5.41) is 5.81. The van der Waals surface area contributed by atoms with Gasteiger partial charge in [-0.1, -0.05) is 31.2 Å². The van der Waals surface area contributed by atoms with Crippen molar-refractivity contribution in [3.8, 4) is 0 Å². The van der Waals surface area contributed by atoms with Gasteiger partial charge in [-0.15, -0.1) is 11.3 Å². The Hall–Kier alpha value is -4.24. The van der Waals surface area contributed by atoms with E-state index in [0.29, 0.717) is 30.5 Å². The molecular weight excluding hydrogens is 707 g/mol. The van der Waals surface area contributed by atoms with Crippen LogP contribution in [-0.2, 0) is 34.8 Å². The standard InChI is InChI=1S/C34H36F2N5O8PS/c1-18-15-40(17-33(18)23-5-3-4-6-24(23)38-32(33)46)31(45)26-9-8-22-11-12-39(19(2)42)16-25(30(44)41(22)26)37-29(43)28-14-20-13-21(7-10-27(20)51-28)34(35,36)50(47,48)49/h3-7,10,13-14,18,22,25-26H,8-9,11-12,15-17H2,1-2H3,(H,37,43)(H,38,46)(H2,47,48,49)/t18-,22+,25?,26-,33+/m0/s1. The first-order valence-electron chi connectivity index (χ1n) is 16.6. The van der Waals surface area contributed by atoms with Crippen molar-refractivity contribution in [3.05, 3.63) is 64.5 Å². The van der Waals surface area contributed by atoms with E-state index >= 15 is 0 Å². The van der Waals surface area contributed by atoms with Crippen molar-refractivity contribution in [2.45, 2.75) is 62.3 Å². The maximum absolute atomic E-state index is 14.4. The summed E-state index contributed by atoms with van der Waals surface area (Å²) in [6.07, 6.45) is 1.31. The average Bonchev–Trinajstić information content (AvgIpc) is 3.84. The first-order chi connectivity index (χ1) is 24.0. The Morgan fingerprint density at radius 1 is 1.04 bits per heavy atom. The molecule has 4 aliphatic heterocycles. The Kier molecular flexibility index (Phi) is 8.60. The second-order valence-corrected chi connectivity index (χ2v) is 16.5. The molecule has 0 radical (unpaired) electrons. The number of nitrogens with zero attached hydrogens (tertiary/aromatic N) is 3. The van der Waals surface area contributed by atoms with Crippen molar-refractivity contribution in [1.82, 2.24) is 20.0 Å². The molecular formula is C34H36F2N5O8PS. The van der Waals surface area contributed by atoms with Crippen molar-refractivity contribution in [2.24, 2.45) is 5.92 Å². The maximum atomic E-state index is 14.4. The fourth-order valence-electron chi connectivity index (χ4n) is 8.12. The summed E-state index contributed by atoms with van der Waals surface area (Å²) >= 11 is 0.935. The molecule has 1 aromatic heterocycles. The minimum atomic E-state index is -5.82. The van der Waals surface area contributed by atoms with Gasteiger partial charge in [0.15, 0.2) is 0 Å². The Balaban J connectivity index is 1.14. The highest BCUT2D eigenvalue weighted by Gasteiger charge is 2.58. The number of benzene rings is 2. The molecule has 51 heavy (non-hydrogen) atoms. The number of nitrogens with one attached hydrogen (secondary N) is 2. The first-order valence-corrected chi connectivity index (χ1v) is 19.0. The van der Waals surface area contributed by atoms with Crippen molar-refractivity contribution in [3.63, 3.8) is 0 Å². The van der Waals surface area contributed by atoms with Crippen LogP contribution in [-0.4, -0.2) is 98.3 Å². The molecule has 1 spiro atoms. The van der Waals surface area contributed by atoms with Crippen molar-refractivity contribution < 1.29 is 47.1 Å². The van der Waals surface area contributed by atoms with Gasteiger partial charge < -0.3 is 35.1 Å². The number of amides is 5. The van der Waals surface area contributed by atoms with E-state index in [4.69, 9.17) is 9.79 Å². The molecule has 3 aromatic rings. The van der Waals surface area contributed by atoms with Gasteiger partial charge in [0, 0.05) is 55.1 Å². The second-order valence-electron chi connectivity index (χ2n) is 13.8. The third kappa shape index (κ3) is 5.72. The van der Waals surface area contributed by atoms with E-state index in [1.54, 1.807) is 4.90 Å². The fourth-order valence-corrected chi connectivity index (χ4v) is 9.54.